The number of pyridine rings is 2. The zero-order valence-corrected chi connectivity index (χ0v) is 16.8. The summed E-state index contributed by atoms with van der Waals surface area (Å²) in [6, 6.07) is 6.79. The molecule has 0 aliphatic carbocycles. The van der Waals surface area contributed by atoms with Crippen molar-refractivity contribution in [3.63, 3.8) is 0 Å². The number of hydrogen-bond donors (Lipinski definition) is 4. The van der Waals surface area contributed by atoms with Gasteiger partial charge < -0.3 is 29.9 Å². The van der Waals surface area contributed by atoms with Crippen molar-refractivity contribution in [2.24, 2.45) is 0 Å². The number of aromatic hydroxyl groups is 1. The fraction of sp³-hybridized carbons (Fsp3) is 0.364. The van der Waals surface area contributed by atoms with E-state index in [1.165, 1.54) is 0 Å². The molecule has 1 unspecified atom stereocenters. The molecular weight excluding hydrogens is 386 g/mol. The third-order valence-corrected chi connectivity index (χ3v) is 6.30. The van der Waals surface area contributed by atoms with Crippen LogP contribution < -0.4 is 10.9 Å². The molecule has 0 fully saturated rings. The zero-order valence-electron chi connectivity index (χ0n) is 16.8. The van der Waals surface area contributed by atoms with E-state index < -0.39 is 11.9 Å². The third kappa shape index (κ3) is 2.48. The predicted molar refractivity (Wildman–Crippen MR) is 110 cm³/mol. The van der Waals surface area contributed by atoms with Crippen LogP contribution in [0.15, 0.2) is 29.1 Å². The monoisotopic (exact) mass is 409 g/mol. The molecule has 2 aliphatic heterocycles. The number of fused-ring (bicyclic) bond motifs is 5. The second-order valence-electron chi connectivity index (χ2n) is 7.90. The van der Waals surface area contributed by atoms with E-state index in [9.17, 15) is 20.1 Å². The average Bonchev–Trinajstić information content (AvgIpc) is 3.10. The van der Waals surface area contributed by atoms with Gasteiger partial charge in [-0.15, -0.1) is 0 Å². The van der Waals surface area contributed by atoms with E-state index in [4.69, 9.17) is 9.72 Å². The van der Waals surface area contributed by atoms with Crippen LogP contribution in [-0.2, 0) is 30.0 Å². The predicted octanol–water partition coefficient (Wildman–Crippen LogP) is 1.30. The normalized spacial score (nSPS) is 22.1. The van der Waals surface area contributed by atoms with Crippen LogP contribution in [0.4, 0.5) is 0 Å². The minimum Gasteiger partial charge on any atom is -0.508 e. The molecule has 5 rings (SSSR count). The van der Waals surface area contributed by atoms with Crippen molar-refractivity contribution in [2.75, 3.05) is 7.05 Å². The summed E-state index contributed by atoms with van der Waals surface area (Å²) < 4.78 is 6.95. The number of ether oxygens (including phenoxy) is 1. The Morgan fingerprint density at radius 2 is 2.13 bits per heavy atom. The summed E-state index contributed by atoms with van der Waals surface area (Å²) in [5.41, 5.74) is 2.74. The van der Waals surface area contributed by atoms with Gasteiger partial charge >= 0.3 is 0 Å². The van der Waals surface area contributed by atoms with Gasteiger partial charge in [0.25, 0.3) is 5.56 Å². The van der Waals surface area contributed by atoms with Gasteiger partial charge in [0.15, 0.2) is 6.29 Å². The highest BCUT2D eigenvalue weighted by molar-refractivity contribution is 5.89. The number of nitrogens with zero attached hydrogens (tertiary/aromatic N) is 2. The lowest BCUT2D eigenvalue weighted by Gasteiger charge is -2.37. The summed E-state index contributed by atoms with van der Waals surface area (Å²) >= 11 is 0. The average molecular weight is 409 g/mol. The second kappa shape index (κ2) is 6.61. The molecule has 30 heavy (non-hydrogen) atoms. The summed E-state index contributed by atoms with van der Waals surface area (Å²) in [6.07, 6.45) is -1.20. The lowest BCUT2D eigenvalue weighted by Crippen LogP contribution is -2.47. The maximum Gasteiger partial charge on any atom is 0.257 e. The van der Waals surface area contributed by atoms with Crippen LogP contribution in [-0.4, -0.2) is 38.2 Å². The van der Waals surface area contributed by atoms with Gasteiger partial charge in [-0.25, -0.2) is 4.98 Å². The van der Waals surface area contributed by atoms with Crippen LogP contribution in [0, 0.1) is 0 Å². The molecule has 2 atom stereocenters. The molecule has 0 bridgehead atoms. The number of nitrogens with one attached hydrogen (secondary N) is 1. The minimum atomic E-state index is -1.65. The number of aliphatic hydroxyl groups excluding tert-OH is 1. The van der Waals surface area contributed by atoms with E-state index in [-0.39, 0.29) is 24.3 Å². The molecule has 8 heteroatoms. The van der Waals surface area contributed by atoms with Crippen molar-refractivity contribution in [2.45, 2.75) is 44.9 Å². The van der Waals surface area contributed by atoms with Crippen LogP contribution in [0.3, 0.4) is 0 Å². The van der Waals surface area contributed by atoms with Crippen molar-refractivity contribution in [1.29, 1.82) is 0 Å². The molecule has 0 spiro atoms. The number of phenolic OH excluding ortho intramolecular Hbond substituents is 1. The molecule has 2 aliphatic rings. The maximum atomic E-state index is 13.3. The number of aliphatic hydroxyl groups is 2. The van der Waals surface area contributed by atoms with Gasteiger partial charge in [-0.2, -0.15) is 0 Å². The van der Waals surface area contributed by atoms with Crippen LogP contribution in [0.2, 0.25) is 0 Å². The van der Waals surface area contributed by atoms with E-state index in [0.717, 1.165) is 16.5 Å². The van der Waals surface area contributed by atoms with Crippen molar-refractivity contribution in [3.05, 3.63) is 56.9 Å². The molecule has 0 saturated carbocycles. The molecule has 2 aromatic heterocycles. The Morgan fingerprint density at radius 3 is 2.87 bits per heavy atom. The fourth-order valence-corrected chi connectivity index (χ4v) is 4.64. The van der Waals surface area contributed by atoms with Crippen molar-refractivity contribution >= 4 is 10.9 Å². The molecule has 4 N–H and O–H groups in total. The Bertz CT molecular complexity index is 1250. The topological polar surface area (TPSA) is 117 Å². The molecule has 4 heterocycles. The summed E-state index contributed by atoms with van der Waals surface area (Å²) in [7, 11) is 1.84. The van der Waals surface area contributed by atoms with Gasteiger partial charge in [-0.3, -0.25) is 4.79 Å². The van der Waals surface area contributed by atoms with Gasteiger partial charge in [-0.05, 0) is 43.3 Å². The smallest absolute Gasteiger partial charge is 0.257 e. The molecule has 8 nitrogen and oxygen atoms in total. The summed E-state index contributed by atoms with van der Waals surface area (Å²) in [5.74, 6) is 0.156. The van der Waals surface area contributed by atoms with Gasteiger partial charge in [0.1, 0.15) is 11.4 Å². The molecule has 0 amide bonds. The summed E-state index contributed by atoms with van der Waals surface area (Å²) in [5, 5.41) is 35.3. The Morgan fingerprint density at radius 1 is 1.33 bits per heavy atom. The van der Waals surface area contributed by atoms with E-state index in [0.29, 0.717) is 41.1 Å². The van der Waals surface area contributed by atoms with Crippen LogP contribution in [0.5, 0.6) is 5.75 Å². The molecule has 156 valence electrons. The molecule has 0 radical (unpaired) electrons. The summed E-state index contributed by atoms with van der Waals surface area (Å²) in [4.78, 5) is 18.1. The quantitative estimate of drug-likeness (QED) is 0.403. The zero-order chi connectivity index (χ0) is 21.2. The Labute approximate surface area is 172 Å². The Balaban J connectivity index is 1.82. The van der Waals surface area contributed by atoms with Crippen LogP contribution >= 0.6 is 0 Å². The van der Waals surface area contributed by atoms with Gasteiger partial charge in [0, 0.05) is 28.6 Å². The van der Waals surface area contributed by atoms with Gasteiger partial charge in [-0.1, -0.05) is 6.92 Å². The first kappa shape index (κ1) is 19.2. The third-order valence-electron chi connectivity index (χ3n) is 6.30. The van der Waals surface area contributed by atoms with Gasteiger partial charge in [0.2, 0.25) is 0 Å². The second-order valence-corrected chi connectivity index (χ2v) is 7.90. The van der Waals surface area contributed by atoms with Crippen molar-refractivity contribution < 1.29 is 20.1 Å². The lowest BCUT2D eigenvalue weighted by molar-refractivity contribution is -0.236. The lowest BCUT2D eigenvalue weighted by atomic mass is 9.85. The highest BCUT2D eigenvalue weighted by Gasteiger charge is 2.44. The van der Waals surface area contributed by atoms with Crippen molar-refractivity contribution in [1.82, 2.24) is 14.9 Å². The Hall–Kier alpha value is -2.78. The van der Waals surface area contributed by atoms with E-state index in [1.807, 2.05) is 7.05 Å². The number of rotatable bonds is 3. The van der Waals surface area contributed by atoms with Crippen LogP contribution in [0.25, 0.3) is 22.3 Å². The largest absolute Gasteiger partial charge is 0.508 e. The standard InChI is InChI=1S/C22H23N3O5/c1-3-22(29)16-7-18-19-14(9-25(18)20(27)15(16)10-30-21(22)28)13(8-23-2)12-6-11(26)4-5-17(12)24-19/h4-7,21,23,26,28-29H,3,8-10H2,1-2H3/t21?,22-/m0/s1. The highest BCUT2D eigenvalue weighted by Crippen LogP contribution is 2.41. The maximum absolute atomic E-state index is 13.3. The summed E-state index contributed by atoms with van der Waals surface area (Å²) in [6.45, 7) is 2.58. The highest BCUT2D eigenvalue weighted by atomic mass is 16.6. The van der Waals surface area contributed by atoms with Crippen molar-refractivity contribution in [3.8, 4) is 17.1 Å². The molecule has 1 aromatic carbocycles. The number of aromatic nitrogens is 2. The first-order valence-corrected chi connectivity index (χ1v) is 9.97. The number of hydrogen-bond acceptors (Lipinski definition) is 7. The first-order valence-electron chi connectivity index (χ1n) is 9.97. The molecule has 0 saturated heterocycles. The fourth-order valence-electron chi connectivity index (χ4n) is 4.64. The van der Waals surface area contributed by atoms with E-state index >= 15 is 0 Å². The Kier molecular flexibility index (Phi) is 4.23. The molecule has 3 aromatic rings. The van der Waals surface area contributed by atoms with Crippen LogP contribution in [0.1, 0.15) is 35.6 Å². The number of phenols is 1. The minimum absolute atomic E-state index is 0.0546. The number of benzene rings is 1. The van der Waals surface area contributed by atoms with Gasteiger partial charge in [0.05, 0.1) is 30.1 Å². The first-order chi connectivity index (χ1) is 14.4. The SMILES string of the molecule is CC[C@]1(O)c2cc3n(c(=O)c2COC1O)Cc1c-3nc2ccc(O)cc2c1CNC. The van der Waals surface area contributed by atoms with E-state index in [1.54, 1.807) is 35.8 Å². The van der Waals surface area contributed by atoms with E-state index in [2.05, 4.69) is 5.32 Å². The molecular formula is C22H23N3O5.